The molecule has 2 rings (SSSR count). The van der Waals surface area contributed by atoms with Gasteiger partial charge in [-0.1, -0.05) is 18.2 Å². The Balaban J connectivity index is 2.44. The van der Waals surface area contributed by atoms with Crippen LogP contribution in [0.1, 0.15) is 18.2 Å². The van der Waals surface area contributed by atoms with Crippen molar-refractivity contribution in [2.24, 2.45) is 4.99 Å². The molecule has 0 N–H and O–H groups in total. The lowest BCUT2D eigenvalue weighted by atomic mass is 10.1. The van der Waals surface area contributed by atoms with Crippen molar-refractivity contribution in [2.45, 2.75) is 13.1 Å². The first-order valence-electron chi connectivity index (χ1n) is 5.61. The quantitative estimate of drug-likeness (QED) is 0.745. The van der Waals surface area contributed by atoms with Gasteiger partial charge in [0.25, 0.3) is 0 Å². The van der Waals surface area contributed by atoms with E-state index in [4.69, 9.17) is 0 Å². The SMILES string of the molecule is C/C(=N\c1ccccc1C(F)(F)F)c1ccccn1. The molecule has 0 saturated carbocycles. The minimum absolute atomic E-state index is 0.0989. The molecule has 1 heterocycles. The van der Waals surface area contributed by atoms with Crippen molar-refractivity contribution in [3.8, 4) is 0 Å². The summed E-state index contributed by atoms with van der Waals surface area (Å²) in [4.78, 5) is 8.08. The van der Waals surface area contributed by atoms with E-state index in [1.165, 1.54) is 18.2 Å². The maximum atomic E-state index is 12.8. The summed E-state index contributed by atoms with van der Waals surface area (Å²) in [7, 11) is 0. The average Bonchev–Trinajstić information content (AvgIpc) is 2.39. The summed E-state index contributed by atoms with van der Waals surface area (Å²) < 4.78 is 38.4. The Morgan fingerprint density at radius 2 is 1.74 bits per heavy atom. The van der Waals surface area contributed by atoms with Crippen molar-refractivity contribution < 1.29 is 13.2 Å². The average molecular weight is 264 g/mol. The van der Waals surface area contributed by atoms with Crippen LogP contribution in [0.15, 0.2) is 53.7 Å². The predicted molar refractivity (Wildman–Crippen MR) is 67.6 cm³/mol. The van der Waals surface area contributed by atoms with Gasteiger partial charge in [0, 0.05) is 6.20 Å². The second kappa shape index (κ2) is 5.22. The fourth-order valence-electron chi connectivity index (χ4n) is 1.63. The smallest absolute Gasteiger partial charge is 0.255 e. The Labute approximate surface area is 108 Å². The van der Waals surface area contributed by atoms with E-state index < -0.39 is 11.7 Å². The number of pyridine rings is 1. The number of halogens is 3. The largest absolute Gasteiger partial charge is 0.418 e. The monoisotopic (exact) mass is 264 g/mol. The maximum Gasteiger partial charge on any atom is 0.418 e. The second-order valence-electron chi connectivity index (χ2n) is 3.93. The minimum atomic E-state index is -4.41. The van der Waals surface area contributed by atoms with Gasteiger partial charge in [0.1, 0.15) is 0 Å². The molecule has 0 fully saturated rings. The molecule has 0 spiro atoms. The maximum absolute atomic E-state index is 12.8. The zero-order valence-corrected chi connectivity index (χ0v) is 10.1. The van der Waals surface area contributed by atoms with Crippen molar-refractivity contribution in [1.82, 2.24) is 4.98 Å². The van der Waals surface area contributed by atoms with Crippen LogP contribution < -0.4 is 0 Å². The number of aliphatic imine (C=N–C) groups is 1. The number of rotatable bonds is 2. The van der Waals surface area contributed by atoms with Crippen LogP contribution in [0, 0.1) is 0 Å². The molecule has 0 saturated heterocycles. The molecule has 2 nitrogen and oxygen atoms in total. The fourth-order valence-corrected chi connectivity index (χ4v) is 1.63. The molecule has 0 amide bonds. The molecule has 0 aliphatic heterocycles. The van der Waals surface area contributed by atoms with E-state index in [0.29, 0.717) is 11.4 Å². The lowest BCUT2D eigenvalue weighted by Crippen LogP contribution is -2.06. The minimum Gasteiger partial charge on any atom is -0.255 e. The molecule has 0 aliphatic carbocycles. The van der Waals surface area contributed by atoms with Gasteiger partial charge in [-0.2, -0.15) is 13.2 Å². The number of hydrogen-bond acceptors (Lipinski definition) is 2. The molecular formula is C14H11F3N2. The van der Waals surface area contributed by atoms with Crippen LogP contribution in [0.2, 0.25) is 0 Å². The van der Waals surface area contributed by atoms with E-state index in [0.717, 1.165) is 6.07 Å². The molecule has 98 valence electrons. The van der Waals surface area contributed by atoms with Gasteiger partial charge < -0.3 is 0 Å². The van der Waals surface area contributed by atoms with Gasteiger partial charge in [0.2, 0.25) is 0 Å². The van der Waals surface area contributed by atoms with Gasteiger partial charge in [-0.05, 0) is 31.2 Å². The highest BCUT2D eigenvalue weighted by Gasteiger charge is 2.33. The third-order valence-corrected chi connectivity index (χ3v) is 2.53. The Kier molecular flexibility index (Phi) is 3.64. The van der Waals surface area contributed by atoms with Gasteiger partial charge >= 0.3 is 6.18 Å². The highest BCUT2D eigenvalue weighted by molar-refractivity contribution is 5.98. The van der Waals surface area contributed by atoms with Crippen molar-refractivity contribution in [2.75, 3.05) is 0 Å². The third-order valence-electron chi connectivity index (χ3n) is 2.53. The van der Waals surface area contributed by atoms with Crippen LogP contribution in [0.25, 0.3) is 0 Å². The first-order valence-corrected chi connectivity index (χ1v) is 5.61. The summed E-state index contributed by atoms with van der Waals surface area (Å²) in [6, 6.07) is 10.4. The summed E-state index contributed by atoms with van der Waals surface area (Å²) in [6.07, 6.45) is -2.84. The first-order chi connectivity index (χ1) is 8.98. The Bertz CT molecular complexity index is 589. The first kappa shape index (κ1) is 13.3. The number of alkyl halides is 3. The van der Waals surface area contributed by atoms with Crippen molar-refractivity contribution >= 4 is 11.4 Å². The lowest BCUT2D eigenvalue weighted by molar-refractivity contribution is -0.137. The van der Waals surface area contributed by atoms with Crippen molar-refractivity contribution in [3.63, 3.8) is 0 Å². The van der Waals surface area contributed by atoms with Crippen LogP contribution in [0.4, 0.5) is 18.9 Å². The molecule has 0 unspecified atom stereocenters. The van der Waals surface area contributed by atoms with Gasteiger partial charge in [-0.15, -0.1) is 0 Å². The zero-order valence-electron chi connectivity index (χ0n) is 10.1. The number of nitrogens with zero attached hydrogens (tertiary/aromatic N) is 2. The molecule has 19 heavy (non-hydrogen) atoms. The van der Waals surface area contributed by atoms with Crippen LogP contribution in [-0.4, -0.2) is 10.7 Å². The van der Waals surface area contributed by atoms with E-state index in [-0.39, 0.29) is 5.69 Å². The molecule has 1 aromatic carbocycles. The molecule has 0 radical (unpaired) electrons. The van der Waals surface area contributed by atoms with Crippen LogP contribution in [-0.2, 0) is 6.18 Å². The van der Waals surface area contributed by atoms with Gasteiger partial charge in [-0.25, -0.2) is 0 Å². The molecule has 1 aromatic heterocycles. The van der Waals surface area contributed by atoms with Crippen LogP contribution in [0.5, 0.6) is 0 Å². The van der Waals surface area contributed by atoms with E-state index in [1.807, 2.05) is 0 Å². The summed E-state index contributed by atoms with van der Waals surface area (Å²) in [5.41, 5.74) is 0.153. The van der Waals surface area contributed by atoms with E-state index in [1.54, 1.807) is 31.3 Å². The lowest BCUT2D eigenvalue weighted by Gasteiger charge is -2.10. The van der Waals surface area contributed by atoms with Crippen molar-refractivity contribution in [3.05, 3.63) is 59.9 Å². The highest BCUT2D eigenvalue weighted by atomic mass is 19.4. The summed E-state index contributed by atoms with van der Waals surface area (Å²) >= 11 is 0. The third kappa shape index (κ3) is 3.19. The topological polar surface area (TPSA) is 25.2 Å². The van der Waals surface area contributed by atoms with Gasteiger partial charge in [0.15, 0.2) is 0 Å². The standard InChI is InChI=1S/C14H11F3N2/c1-10(12-7-4-5-9-18-12)19-13-8-3-2-6-11(13)14(15,16)17/h2-9H,1H3/b19-10+. The molecule has 2 aromatic rings. The zero-order chi connectivity index (χ0) is 13.9. The molecule has 0 bridgehead atoms. The Hall–Kier alpha value is -2.17. The fraction of sp³-hybridized carbons (Fsp3) is 0.143. The Morgan fingerprint density at radius 1 is 1.05 bits per heavy atom. The van der Waals surface area contributed by atoms with Gasteiger partial charge in [0.05, 0.1) is 22.7 Å². The highest BCUT2D eigenvalue weighted by Crippen LogP contribution is 2.36. The van der Waals surface area contributed by atoms with Crippen molar-refractivity contribution in [1.29, 1.82) is 0 Å². The van der Waals surface area contributed by atoms with E-state index in [2.05, 4.69) is 9.98 Å². The number of aromatic nitrogens is 1. The summed E-state index contributed by atoms with van der Waals surface area (Å²) in [6.45, 7) is 1.63. The second-order valence-corrected chi connectivity index (χ2v) is 3.93. The van der Waals surface area contributed by atoms with Crippen LogP contribution in [0.3, 0.4) is 0 Å². The molecule has 5 heteroatoms. The van der Waals surface area contributed by atoms with Gasteiger partial charge in [-0.3, -0.25) is 9.98 Å². The van der Waals surface area contributed by atoms with Crippen LogP contribution >= 0.6 is 0 Å². The summed E-state index contributed by atoms with van der Waals surface area (Å²) in [5.74, 6) is 0. The summed E-state index contributed by atoms with van der Waals surface area (Å²) in [5, 5.41) is 0. The Morgan fingerprint density at radius 3 is 2.37 bits per heavy atom. The molecular weight excluding hydrogens is 253 g/mol. The predicted octanol–water partition coefficient (Wildman–Crippen LogP) is 4.24. The number of benzene rings is 1. The molecule has 0 aliphatic rings. The number of para-hydroxylation sites is 1. The number of hydrogen-bond donors (Lipinski definition) is 0. The normalized spacial score (nSPS) is 12.5. The van der Waals surface area contributed by atoms with E-state index in [9.17, 15) is 13.2 Å². The van der Waals surface area contributed by atoms with E-state index >= 15 is 0 Å². The molecule has 0 atom stereocenters.